The van der Waals surface area contributed by atoms with Crippen molar-refractivity contribution in [2.75, 3.05) is 5.75 Å². The first kappa shape index (κ1) is 11.8. The highest BCUT2D eigenvalue weighted by atomic mass is 32.2. The molecular formula is C11H11FN2O2S. The Morgan fingerprint density at radius 3 is 2.53 bits per heavy atom. The molecule has 1 aromatic heterocycles. The summed E-state index contributed by atoms with van der Waals surface area (Å²) in [7, 11) is -3.33. The molecule has 2 rings (SSSR count). The third kappa shape index (κ3) is 2.21. The molecule has 0 aliphatic rings. The van der Waals surface area contributed by atoms with E-state index in [4.69, 9.17) is 0 Å². The lowest BCUT2D eigenvalue weighted by molar-refractivity contribution is 0.597. The van der Waals surface area contributed by atoms with Crippen LogP contribution in [0.5, 0.6) is 0 Å². The van der Waals surface area contributed by atoms with E-state index < -0.39 is 9.84 Å². The van der Waals surface area contributed by atoms with Crippen molar-refractivity contribution in [2.24, 2.45) is 0 Å². The van der Waals surface area contributed by atoms with Gasteiger partial charge in [0.05, 0.1) is 17.6 Å². The third-order valence-corrected chi connectivity index (χ3v) is 4.19. The number of rotatable bonds is 3. The molecule has 4 nitrogen and oxygen atoms in total. The summed E-state index contributed by atoms with van der Waals surface area (Å²) in [5.74, 6) is -0.367. The van der Waals surface area contributed by atoms with E-state index in [0.717, 1.165) is 0 Å². The maximum Gasteiger partial charge on any atom is 0.181 e. The Bertz CT molecular complexity index is 617. The SMILES string of the molecule is CCS(=O)(=O)c1cn[nH]c1-c1ccc(F)cc1. The number of halogens is 1. The zero-order chi connectivity index (χ0) is 12.5. The van der Waals surface area contributed by atoms with Gasteiger partial charge in [0.25, 0.3) is 0 Å². The first-order valence-electron chi connectivity index (χ1n) is 5.06. The van der Waals surface area contributed by atoms with Crippen LogP contribution in [-0.4, -0.2) is 24.4 Å². The summed E-state index contributed by atoms with van der Waals surface area (Å²) < 4.78 is 36.4. The van der Waals surface area contributed by atoms with Gasteiger partial charge in [0, 0.05) is 5.56 Å². The quantitative estimate of drug-likeness (QED) is 0.911. The Balaban J connectivity index is 2.55. The Labute approximate surface area is 98.4 Å². The lowest BCUT2D eigenvalue weighted by Crippen LogP contribution is -2.03. The van der Waals surface area contributed by atoms with E-state index in [0.29, 0.717) is 11.3 Å². The number of hydrogen-bond donors (Lipinski definition) is 1. The molecule has 0 aliphatic carbocycles. The molecule has 6 heteroatoms. The molecular weight excluding hydrogens is 243 g/mol. The molecule has 0 radical (unpaired) electrons. The van der Waals surface area contributed by atoms with Gasteiger partial charge in [0.2, 0.25) is 0 Å². The molecule has 0 saturated heterocycles. The number of aromatic nitrogens is 2. The number of sulfone groups is 1. The summed E-state index contributed by atoms with van der Waals surface area (Å²) in [5.41, 5.74) is 0.989. The van der Waals surface area contributed by atoms with Crippen LogP contribution in [0, 0.1) is 5.82 Å². The van der Waals surface area contributed by atoms with Crippen molar-refractivity contribution in [1.82, 2.24) is 10.2 Å². The highest BCUT2D eigenvalue weighted by Gasteiger charge is 2.19. The van der Waals surface area contributed by atoms with Crippen LogP contribution in [-0.2, 0) is 9.84 Å². The van der Waals surface area contributed by atoms with Gasteiger partial charge in [0.1, 0.15) is 10.7 Å². The molecule has 0 amide bonds. The fraction of sp³-hybridized carbons (Fsp3) is 0.182. The zero-order valence-electron chi connectivity index (χ0n) is 9.14. The lowest BCUT2D eigenvalue weighted by atomic mass is 10.1. The van der Waals surface area contributed by atoms with Crippen LogP contribution in [0.1, 0.15) is 6.92 Å². The minimum atomic E-state index is -3.33. The molecule has 1 N–H and O–H groups in total. The normalized spacial score (nSPS) is 11.6. The molecule has 0 aliphatic heterocycles. The predicted molar refractivity (Wildman–Crippen MR) is 61.7 cm³/mol. The maximum absolute atomic E-state index is 12.8. The van der Waals surface area contributed by atoms with Crippen LogP contribution in [0.4, 0.5) is 4.39 Å². The summed E-state index contributed by atoms with van der Waals surface area (Å²) in [6, 6.07) is 5.58. The summed E-state index contributed by atoms with van der Waals surface area (Å²) in [4.78, 5) is 0.145. The number of nitrogens with zero attached hydrogens (tertiary/aromatic N) is 1. The molecule has 17 heavy (non-hydrogen) atoms. The molecule has 0 bridgehead atoms. The van der Waals surface area contributed by atoms with Crippen molar-refractivity contribution in [3.05, 3.63) is 36.3 Å². The molecule has 1 heterocycles. The Kier molecular flexibility index (Phi) is 2.97. The van der Waals surface area contributed by atoms with Crippen LogP contribution in [0.15, 0.2) is 35.4 Å². The van der Waals surface area contributed by atoms with E-state index in [-0.39, 0.29) is 16.5 Å². The van der Waals surface area contributed by atoms with E-state index in [2.05, 4.69) is 10.2 Å². The van der Waals surface area contributed by atoms with Gasteiger partial charge in [-0.3, -0.25) is 5.10 Å². The standard InChI is InChI=1S/C11H11FN2O2S/c1-2-17(15,16)10-7-13-14-11(10)8-3-5-9(12)6-4-8/h3-7H,2H2,1H3,(H,13,14). The molecule has 1 aromatic carbocycles. The number of H-pyrrole nitrogens is 1. The predicted octanol–water partition coefficient (Wildman–Crippen LogP) is 2.01. The second-order valence-corrected chi connectivity index (χ2v) is 5.77. The van der Waals surface area contributed by atoms with E-state index in [1.165, 1.54) is 30.5 Å². The van der Waals surface area contributed by atoms with Gasteiger partial charge in [-0.2, -0.15) is 5.10 Å². The van der Waals surface area contributed by atoms with E-state index in [1.807, 2.05) is 0 Å². The fourth-order valence-corrected chi connectivity index (χ4v) is 2.49. The lowest BCUT2D eigenvalue weighted by Gasteiger charge is -2.02. The van der Waals surface area contributed by atoms with Gasteiger partial charge in [-0.05, 0) is 24.3 Å². The summed E-state index contributed by atoms with van der Waals surface area (Å²) in [5, 5.41) is 6.37. The van der Waals surface area contributed by atoms with Crippen molar-refractivity contribution >= 4 is 9.84 Å². The van der Waals surface area contributed by atoms with Gasteiger partial charge in [-0.1, -0.05) is 6.92 Å². The topological polar surface area (TPSA) is 62.8 Å². The Morgan fingerprint density at radius 1 is 1.29 bits per heavy atom. The van der Waals surface area contributed by atoms with Crippen LogP contribution in [0.2, 0.25) is 0 Å². The van der Waals surface area contributed by atoms with Gasteiger partial charge in [0.15, 0.2) is 9.84 Å². The first-order valence-corrected chi connectivity index (χ1v) is 6.72. The van der Waals surface area contributed by atoms with Crippen molar-refractivity contribution in [3.8, 4) is 11.3 Å². The molecule has 2 aromatic rings. The van der Waals surface area contributed by atoms with Gasteiger partial charge < -0.3 is 0 Å². The van der Waals surface area contributed by atoms with Crippen molar-refractivity contribution in [2.45, 2.75) is 11.8 Å². The Hall–Kier alpha value is -1.69. The van der Waals surface area contributed by atoms with E-state index in [1.54, 1.807) is 6.92 Å². The van der Waals surface area contributed by atoms with Crippen LogP contribution in [0.3, 0.4) is 0 Å². The molecule has 90 valence electrons. The summed E-state index contributed by atoms with van der Waals surface area (Å²) in [6.45, 7) is 1.57. The Morgan fingerprint density at radius 2 is 1.94 bits per heavy atom. The zero-order valence-corrected chi connectivity index (χ0v) is 9.96. The van der Waals surface area contributed by atoms with E-state index >= 15 is 0 Å². The smallest absolute Gasteiger partial charge is 0.181 e. The molecule has 0 atom stereocenters. The highest BCUT2D eigenvalue weighted by Crippen LogP contribution is 2.25. The van der Waals surface area contributed by atoms with Gasteiger partial charge in [-0.15, -0.1) is 0 Å². The van der Waals surface area contributed by atoms with Crippen molar-refractivity contribution < 1.29 is 12.8 Å². The molecule has 0 fully saturated rings. The number of benzene rings is 1. The highest BCUT2D eigenvalue weighted by molar-refractivity contribution is 7.91. The number of aromatic amines is 1. The molecule has 0 unspecified atom stereocenters. The van der Waals surface area contributed by atoms with Crippen LogP contribution in [0.25, 0.3) is 11.3 Å². The second-order valence-electron chi connectivity index (χ2n) is 3.52. The monoisotopic (exact) mass is 254 g/mol. The number of hydrogen-bond acceptors (Lipinski definition) is 3. The van der Waals surface area contributed by atoms with E-state index in [9.17, 15) is 12.8 Å². The van der Waals surface area contributed by atoms with Crippen LogP contribution >= 0.6 is 0 Å². The van der Waals surface area contributed by atoms with Crippen molar-refractivity contribution in [3.63, 3.8) is 0 Å². The molecule has 0 spiro atoms. The molecule has 0 saturated carbocycles. The minimum absolute atomic E-state index is 0.000722. The summed E-state index contributed by atoms with van der Waals surface area (Å²) >= 11 is 0. The summed E-state index contributed by atoms with van der Waals surface area (Å²) in [6.07, 6.45) is 1.28. The average molecular weight is 254 g/mol. The van der Waals surface area contributed by atoms with Gasteiger partial charge in [-0.25, -0.2) is 12.8 Å². The first-order chi connectivity index (χ1) is 8.04. The van der Waals surface area contributed by atoms with Crippen LogP contribution < -0.4 is 0 Å². The van der Waals surface area contributed by atoms with Gasteiger partial charge >= 0.3 is 0 Å². The number of nitrogens with one attached hydrogen (secondary N) is 1. The average Bonchev–Trinajstić information content (AvgIpc) is 2.80. The second kappa shape index (κ2) is 4.29. The van der Waals surface area contributed by atoms with Crippen molar-refractivity contribution in [1.29, 1.82) is 0 Å². The fourth-order valence-electron chi connectivity index (χ4n) is 1.49. The minimum Gasteiger partial charge on any atom is -0.276 e. The largest absolute Gasteiger partial charge is 0.276 e. The maximum atomic E-state index is 12.8. The third-order valence-electron chi connectivity index (χ3n) is 2.45.